The van der Waals surface area contributed by atoms with Gasteiger partial charge in [0.1, 0.15) is 0 Å². The third-order valence-electron chi connectivity index (χ3n) is 1.14. The van der Waals surface area contributed by atoms with Crippen molar-refractivity contribution < 1.29 is 4.74 Å². The number of allylic oxidation sites excluding steroid dienone is 1. The van der Waals surface area contributed by atoms with E-state index < -0.39 is 0 Å². The summed E-state index contributed by atoms with van der Waals surface area (Å²) in [5.74, 6) is 0. The Morgan fingerprint density at radius 2 is 2.30 bits per heavy atom. The molecule has 0 aromatic rings. The molecule has 0 aliphatic rings. The first-order chi connectivity index (χ1) is 4.81. The Hall–Kier alpha value is -0.340. The summed E-state index contributed by atoms with van der Waals surface area (Å²) < 4.78 is 5.20. The molecule has 0 saturated heterocycles. The average Bonchev–Trinajstić information content (AvgIpc) is 1.89. The van der Waals surface area contributed by atoms with E-state index in [0.717, 1.165) is 13.0 Å². The fourth-order valence-electron chi connectivity index (χ4n) is 0.724. The van der Waals surface area contributed by atoms with Crippen LogP contribution in [0, 0.1) is 0 Å². The normalized spacial score (nSPS) is 12.1. The van der Waals surface area contributed by atoms with Gasteiger partial charge in [-0.3, -0.25) is 0 Å². The van der Waals surface area contributed by atoms with Crippen molar-refractivity contribution in [3.05, 3.63) is 11.6 Å². The van der Waals surface area contributed by atoms with E-state index in [4.69, 9.17) is 10.5 Å². The summed E-state index contributed by atoms with van der Waals surface area (Å²) in [7, 11) is 0. The lowest BCUT2D eigenvalue weighted by molar-refractivity contribution is 0.164. The van der Waals surface area contributed by atoms with E-state index in [1.807, 2.05) is 0 Å². The van der Waals surface area contributed by atoms with Crippen molar-refractivity contribution in [2.45, 2.75) is 20.3 Å². The summed E-state index contributed by atoms with van der Waals surface area (Å²) in [6, 6.07) is 0. The molecule has 0 saturated carbocycles. The summed E-state index contributed by atoms with van der Waals surface area (Å²) in [4.78, 5) is 0. The highest BCUT2D eigenvalue weighted by Gasteiger charge is 1.86. The largest absolute Gasteiger partial charge is 0.376 e. The molecule has 0 spiro atoms. The number of ether oxygens (including phenoxy) is 1. The fraction of sp³-hybridized carbons (Fsp3) is 0.750. The van der Waals surface area contributed by atoms with Gasteiger partial charge >= 0.3 is 0 Å². The van der Waals surface area contributed by atoms with Crippen LogP contribution in [0.3, 0.4) is 0 Å². The molecule has 0 atom stereocenters. The SMILES string of the molecule is CC/C=C(/C)COCCN. The predicted octanol–water partition coefficient (Wildman–Crippen LogP) is 1.32. The summed E-state index contributed by atoms with van der Waals surface area (Å²) in [5.41, 5.74) is 6.53. The Morgan fingerprint density at radius 1 is 1.60 bits per heavy atom. The van der Waals surface area contributed by atoms with Crippen LogP contribution < -0.4 is 5.73 Å². The van der Waals surface area contributed by atoms with Crippen molar-refractivity contribution in [3.63, 3.8) is 0 Å². The number of hydrogen-bond acceptors (Lipinski definition) is 2. The molecule has 0 aliphatic heterocycles. The number of rotatable bonds is 5. The van der Waals surface area contributed by atoms with Crippen LogP contribution in [0.1, 0.15) is 20.3 Å². The molecule has 0 rings (SSSR count). The predicted molar refractivity (Wildman–Crippen MR) is 43.9 cm³/mol. The zero-order chi connectivity index (χ0) is 7.82. The topological polar surface area (TPSA) is 35.2 Å². The van der Waals surface area contributed by atoms with Gasteiger partial charge in [0, 0.05) is 6.54 Å². The van der Waals surface area contributed by atoms with Crippen LogP contribution in [-0.4, -0.2) is 19.8 Å². The van der Waals surface area contributed by atoms with Crippen molar-refractivity contribution in [2.24, 2.45) is 5.73 Å². The van der Waals surface area contributed by atoms with Crippen LogP contribution in [0.15, 0.2) is 11.6 Å². The minimum Gasteiger partial charge on any atom is -0.376 e. The number of hydrogen-bond donors (Lipinski definition) is 1. The molecular formula is C8H17NO. The molecule has 0 aliphatic carbocycles. The minimum atomic E-state index is 0.611. The fourth-order valence-corrected chi connectivity index (χ4v) is 0.724. The number of nitrogens with two attached hydrogens (primary N) is 1. The lowest BCUT2D eigenvalue weighted by atomic mass is 10.3. The average molecular weight is 143 g/mol. The maximum Gasteiger partial charge on any atom is 0.0674 e. The monoisotopic (exact) mass is 143 g/mol. The highest BCUT2D eigenvalue weighted by atomic mass is 16.5. The second-order valence-electron chi connectivity index (χ2n) is 2.30. The lowest BCUT2D eigenvalue weighted by Crippen LogP contribution is -2.09. The zero-order valence-corrected chi connectivity index (χ0v) is 6.89. The maximum atomic E-state index is 5.24. The highest BCUT2D eigenvalue weighted by Crippen LogP contribution is 1.94. The summed E-state index contributed by atoms with van der Waals surface area (Å²) in [6.07, 6.45) is 3.24. The van der Waals surface area contributed by atoms with Crippen molar-refractivity contribution in [3.8, 4) is 0 Å². The Balaban J connectivity index is 3.21. The van der Waals surface area contributed by atoms with E-state index in [-0.39, 0.29) is 0 Å². The lowest BCUT2D eigenvalue weighted by Gasteiger charge is -2.01. The van der Waals surface area contributed by atoms with Gasteiger partial charge in [0.2, 0.25) is 0 Å². The van der Waals surface area contributed by atoms with E-state index in [1.165, 1.54) is 5.57 Å². The quantitative estimate of drug-likeness (QED) is 0.465. The second kappa shape index (κ2) is 6.78. The van der Waals surface area contributed by atoms with Crippen molar-refractivity contribution in [1.29, 1.82) is 0 Å². The minimum absolute atomic E-state index is 0.611. The van der Waals surface area contributed by atoms with E-state index in [0.29, 0.717) is 13.2 Å². The third kappa shape index (κ3) is 5.79. The Bertz CT molecular complexity index is 99.4. The van der Waals surface area contributed by atoms with Crippen LogP contribution in [0.25, 0.3) is 0 Å². The van der Waals surface area contributed by atoms with Gasteiger partial charge in [-0.05, 0) is 13.3 Å². The zero-order valence-electron chi connectivity index (χ0n) is 6.89. The van der Waals surface area contributed by atoms with Gasteiger partial charge in [0.05, 0.1) is 13.2 Å². The first-order valence-corrected chi connectivity index (χ1v) is 3.74. The van der Waals surface area contributed by atoms with Crippen molar-refractivity contribution in [2.75, 3.05) is 19.8 Å². The van der Waals surface area contributed by atoms with Gasteiger partial charge in [-0.2, -0.15) is 0 Å². The molecule has 0 unspecified atom stereocenters. The van der Waals surface area contributed by atoms with Crippen LogP contribution >= 0.6 is 0 Å². The van der Waals surface area contributed by atoms with Crippen molar-refractivity contribution in [1.82, 2.24) is 0 Å². The molecule has 0 bridgehead atoms. The highest BCUT2D eigenvalue weighted by molar-refractivity contribution is 4.97. The molecular weight excluding hydrogens is 126 g/mol. The maximum absolute atomic E-state index is 5.24. The summed E-state index contributed by atoms with van der Waals surface area (Å²) in [6.45, 7) is 6.19. The smallest absolute Gasteiger partial charge is 0.0674 e. The first kappa shape index (κ1) is 9.66. The molecule has 0 radical (unpaired) electrons. The molecule has 2 nitrogen and oxygen atoms in total. The molecule has 60 valence electrons. The van der Waals surface area contributed by atoms with E-state index in [1.54, 1.807) is 0 Å². The third-order valence-corrected chi connectivity index (χ3v) is 1.14. The molecule has 2 N–H and O–H groups in total. The molecule has 0 heterocycles. The van der Waals surface area contributed by atoms with Gasteiger partial charge in [0.15, 0.2) is 0 Å². The summed E-state index contributed by atoms with van der Waals surface area (Å²) in [5, 5.41) is 0. The molecule has 0 aromatic heterocycles. The molecule has 2 heteroatoms. The Kier molecular flexibility index (Phi) is 6.55. The van der Waals surface area contributed by atoms with Gasteiger partial charge < -0.3 is 10.5 Å². The summed E-state index contributed by atoms with van der Waals surface area (Å²) >= 11 is 0. The van der Waals surface area contributed by atoms with Crippen LogP contribution in [0.2, 0.25) is 0 Å². The van der Waals surface area contributed by atoms with Crippen molar-refractivity contribution >= 4 is 0 Å². The van der Waals surface area contributed by atoms with Gasteiger partial charge in [-0.25, -0.2) is 0 Å². The van der Waals surface area contributed by atoms with E-state index >= 15 is 0 Å². The molecule has 0 fully saturated rings. The van der Waals surface area contributed by atoms with Crippen LogP contribution in [-0.2, 0) is 4.74 Å². The second-order valence-corrected chi connectivity index (χ2v) is 2.30. The van der Waals surface area contributed by atoms with Gasteiger partial charge in [0.25, 0.3) is 0 Å². The first-order valence-electron chi connectivity index (χ1n) is 3.74. The van der Waals surface area contributed by atoms with E-state index in [2.05, 4.69) is 19.9 Å². The standard InChI is InChI=1S/C8H17NO/c1-3-4-8(2)7-10-6-5-9/h4H,3,5-7,9H2,1-2H3/b8-4-. The molecule has 10 heavy (non-hydrogen) atoms. The Morgan fingerprint density at radius 3 is 2.80 bits per heavy atom. The Labute approximate surface area is 63.1 Å². The molecule has 0 aromatic carbocycles. The molecule has 0 amide bonds. The van der Waals surface area contributed by atoms with Gasteiger partial charge in [-0.1, -0.05) is 18.6 Å². The van der Waals surface area contributed by atoms with E-state index in [9.17, 15) is 0 Å². The van der Waals surface area contributed by atoms with Crippen LogP contribution in [0.4, 0.5) is 0 Å². The van der Waals surface area contributed by atoms with Crippen LogP contribution in [0.5, 0.6) is 0 Å². The van der Waals surface area contributed by atoms with Gasteiger partial charge in [-0.15, -0.1) is 0 Å².